The Balaban J connectivity index is 1.07. The molecule has 0 spiro atoms. The van der Waals surface area contributed by atoms with Gasteiger partial charge in [-0.15, -0.1) is 0 Å². The third kappa shape index (κ3) is 5.93. The molecule has 1 aliphatic carbocycles. The van der Waals surface area contributed by atoms with Crippen LogP contribution in [0, 0.1) is 0 Å². The molecule has 0 bridgehead atoms. The molecule has 2 fully saturated rings. The summed E-state index contributed by atoms with van der Waals surface area (Å²) in [5.41, 5.74) is 2.52. The number of rotatable bonds is 8. The molecule has 4 N–H and O–H groups in total. The first-order valence-electron chi connectivity index (χ1n) is 14.6. The average molecular weight is 595 g/mol. The molecule has 1 unspecified atom stereocenters. The van der Waals surface area contributed by atoms with Gasteiger partial charge < -0.3 is 19.2 Å². The minimum Gasteiger partial charge on any atom is -0.444 e. The van der Waals surface area contributed by atoms with Crippen LogP contribution >= 0.6 is 0 Å². The zero-order valence-corrected chi connectivity index (χ0v) is 24.2. The van der Waals surface area contributed by atoms with Gasteiger partial charge in [0.2, 0.25) is 17.7 Å². The standard InChI is InChI=1S/C30H32BN8O5/c1-18(34-27(41)22-17-44-29(35-22)19-12-14-33-15-13-19)16-37(32)21-8-6-20(7-9-21)31-39-24-5-3-2-4-23(24)38(30(39)43)25-10-11-26(40)36-28(25)42/h2-5,12-17,20-21,25H,6-11,32H2,1H3,(H,34,41)(H,36,40,42)/b18-16+. The third-order valence-electron chi connectivity index (χ3n) is 8.18. The number of carbonyl (C=O) groups excluding carboxylic acids is 3. The van der Waals surface area contributed by atoms with Crippen molar-refractivity contribution in [3.63, 3.8) is 0 Å². The number of imidazole rings is 1. The van der Waals surface area contributed by atoms with Gasteiger partial charge in [-0.2, -0.15) is 0 Å². The monoisotopic (exact) mass is 595 g/mol. The predicted octanol–water partition coefficient (Wildman–Crippen LogP) is 2.50. The molecule has 3 aromatic heterocycles. The minimum absolute atomic E-state index is 0.0541. The molecule has 4 aromatic rings. The normalized spacial score (nSPS) is 20.8. The van der Waals surface area contributed by atoms with Crippen LogP contribution in [0.2, 0.25) is 5.82 Å². The van der Waals surface area contributed by atoms with Gasteiger partial charge in [0.25, 0.3) is 13.3 Å². The number of nitrogens with two attached hydrogens (primary N) is 1. The summed E-state index contributed by atoms with van der Waals surface area (Å²) in [5, 5.41) is 6.78. The summed E-state index contributed by atoms with van der Waals surface area (Å²) in [5.74, 6) is 5.66. The molecule has 6 rings (SSSR count). The van der Waals surface area contributed by atoms with Crippen LogP contribution in [0.5, 0.6) is 0 Å². The second-order valence-corrected chi connectivity index (χ2v) is 11.2. The van der Waals surface area contributed by atoms with Crippen molar-refractivity contribution < 1.29 is 18.8 Å². The summed E-state index contributed by atoms with van der Waals surface area (Å²) < 4.78 is 8.58. The predicted molar refractivity (Wildman–Crippen MR) is 162 cm³/mol. The lowest BCUT2D eigenvalue weighted by Gasteiger charge is -2.33. The number of nitrogens with zero attached hydrogens (tertiary/aromatic N) is 5. The molecule has 1 radical (unpaired) electrons. The van der Waals surface area contributed by atoms with Crippen molar-refractivity contribution >= 4 is 36.2 Å². The van der Waals surface area contributed by atoms with E-state index >= 15 is 0 Å². The van der Waals surface area contributed by atoms with Crippen LogP contribution in [0.3, 0.4) is 0 Å². The minimum atomic E-state index is -0.732. The lowest BCUT2D eigenvalue weighted by atomic mass is 9.66. The van der Waals surface area contributed by atoms with Gasteiger partial charge in [-0.3, -0.25) is 29.3 Å². The van der Waals surface area contributed by atoms with Crippen LogP contribution in [0.25, 0.3) is 22.5 Å². The summed E-state index contributed by atoms with van der Waals surface area (Å²) in [7, 11) is 1.95. The van der Waals surface area contributed by atoms with Crippen LogP contribution in [-0.2, 0) is 9.59 Å². The highest BCUT2D eigenvalue weighted by molar-refractivity contribution is 6.37. The van der Waals surface area contributed by atoms with Gasteiger partial charge in [-0.25, -0.2) is 15.6 Å². The van der Waals surface area contributed by atoms with Gasteiger partial charge in [0.05, 0.1) is 11.0 Å². The van der Waals surface area contributed by atoms with E-state index in [4.69, 9.17) is 10.3 Å². The molecule has 13 nitrogen and oxygen atoms in total. The topological polar surface area (TPSA) is 170 Å². The fraction of sp³-hybridized carbons (Fsp3) is 0.333. The number of hydrogen-bond donors (Lipinski definition) is 3. The number of aromatic nitrogens is 4. The number of piperidine rings is 1. The summed E-state index contributed by atoms with van der Waals surface area (Å²) in [6.45, 7) is 1.76. The van der Waals surface area contributed by atoms with E-state index in [1.807, 2.05) is 31.7 Å². The molecule has 1 aromatic carbocycles. The molecule has 3 amide bonds. The van der Waals surface area contributed by atoms with E-state index in [0.29, 0.717) is 17.1 Å². The Morgan fingerprint density at radius 2 is 1.82 bits per heavy atom. The lowest BCUT2D eigenvalue weighted by Crippen LogP contribution is -2.45. The molecule has 1 aliphatic heterocycles. The van der Waals surface area contributed by atoms with Crippen molar-refractivity contribution in [3.05, 3.63) is 83.1 Å². The number of allylic oxidation sites excluding steroid dienone is 1. The molecule has 44 heavy (non-hydrogen) atoms. The smallest absolute Gasteiger partial charge is 0.317 e. The van der Waals surface area contributed by atoms with Gasteiger partial charge in [-0.1, -0.05) is 25.0 Å². The molecule has 225 valence electrons. The van der Waals surface area contributed by atoms with Crippen LogP contribution in [0.1, 0.15) is 62.0 Å². The Hall–Kier alpha value is -4.98. The van der Waals surface area contributed by atoms with E-state index in [-0.39, 0.29) is 42.0 Å². The van der Waals surface area contributed by atoms with Crippen molar-refractivity contribution in [3.8, 4) is 11.5 Å². The van der Waals surface area contributed by atoms with Gasteiger partial charge >= 0.3 is 5.69 Å². The van der Waals surface area contributed by atoms with Crippen molar-refractivity contribution in [1.82, 2.24) is 34.7 Å². The largest absolute Gasteiger partial charge is 0.444 e. The van der Waals surface area contributed by atoms with Gasteiger partial charge in [0.1, 0.15) is 12.3 Å². The molecular formula is C30H32BN8O5. The van der Waals surface area contributed by atoms with E-state index in [1.54, 1.807) is 47.1 Å². The first kappa shape index (κ1) is 29.1. The van der Waals surface area contributed by atoms with Crippen molar-refractivity contribution in [2.24, 2.45) is 5.84 Å². The van der Waals surface area contributed by atoms with E-state index < -0.39 is 17.9 Å². The van der Waals surface area contributed by atoms with Crippen LogP contribution in [0.15, 0.2) is 76.2 Å². The van der Waals surface area contributed by atoms with E-state index in [0.717, 1.165) is 36.8 Å². The van der Waals surface area contributed by atoms with Crippen molar-refractivity contribution in [2.75, 3.05) is 0 Å². The number of nitrogens with one attached hydrogen (secondary N) is 2. The van der Waals surface area contributed by atoms with Crippen molar-refractivity contribution in [2.45, 2.75) is 63.3 Å². The maximum absolute atomic E-state index is 13.6. The number of oxazole rings is 1. The molecular weight excluding hydrogens is 563 g/mol. The molecule has 4 heterocycles. The Morgan fingerprint density at radius 1 is 1.09 bits per heavy atom. The number of carbonyl (C=O) groups is 3. The second-order valence-electron chi connectivity index (χ2n) is 11.2. The highest BCUT2D eigenvalue weighted by atomic mass is 16.3. The fourth-order valence-electron chi connectivity index (χ4n) is 5.94. The molecule has 14 heteroatoms. The Morgan fingerprint density at radius 3 is 2.55 bits per heavy atom. The SMILES string of the molecule is C/C(=C\N(N)C1CCC([B]n2c(=O)n(C3CCC(=O)NC3=O)c3ccccc32)CC1)NC(=O)c1coc(-c2ccncc2)n1. The highest BCUT2D eigenvalue weighted by Gasteiger charge is 2.33. The summed E-state index contributed by atoms with van der Waals surface area (Å²) >= 11 is 0. The first-order chi connectivity index (χ1) is 21.3. The number of pyridine rings is 1. The molecule has 1 atom stereocenters. The molecule has 1 saturated carbocycles. The quantitative estimate of drug-likeness (QED) is 0.120. The maximum Gasteiger partial charge on any atom is 0.317 e. The molecule has 2 aliphatic rings. The number of hydrazine groups is 1. The summed E-state index contributed by atoms with van der Waals surface area (Å²) in [6.07, 6.45) is 9.91. The number of imide groups is 1. The maximum atomic E-state index is 13.6. The fourth-order valence-corrected chi connectivity index (χ4v) is 5.94. The van der Waals surface area contributed by atoms with Gasteiger partial charge in [-0.05, 0) is 56.3 Å². The van der Waals surface area contributed by atoms with Crippen LogP contribution in [0.4, 0.5) is 0 Å². The van der Waals surface area contributed by atoms with Crippen molar-refractivity contribution in [1.29, 1.82) is 0 Å². The average Bonchev–Trinajstić information content (AvgIpc) is 3.62. The number of fused-ring (bicyclic) bond motifs is 1. The Kier molecular flexibility index (Phi) is 8.16. The van der Waals surface area contributed by atoms with Gasteiger partial charge in [0.15, 0.2) is 5.69 Å². The zero-order valence-electron chi connectivity index (χ0n) is 24.2. The van der Waals surface area contributed by atoms with E-state index in [2.05, 4.69) is 20.6 Å². The number of benzene rings is 1. The van der Waals surface area contributed by atoms with Gasteiger partial charge in [0, 0.05) is 42.3 Å². The first-order valence-corrected chi connectivity index (χ1v) is 14.6. The van der Waals surface area contributed by atoms with Crippen LogP contribution in [-0.4, -0.2) is 55.2 Å². The zero-order chi connectivity index (χ0) is 30.8. The summed E-state index contributed by atoms with van der Waals surface area (Å²) in [4.78, 5) is 58.8. The van der Waals surface area contributed by atoms with Crippen LogP contribution < -0.4 is 22.2 Å². The van der Waals surface area contributed by atoms with E-state index in [1.165, 1.54) is 10.8 Å². The number of amides is 3. The second kappa shape index (κ2) is 12.3. The molecule has 1 saturated heterocycles. The van der Waals surface area contributed by atoms with E-state index in [9.17, 15) is 19.2 Å². The Bertz CT molecular complexity index is 1790. The number of para-hydroxylation sites is 2. The lowest BCUT2D eigenvalue weighted by molar-refractivity contribution is -0.135. The third-order valence-corrected chi connectivity index (χ3v) is 8.18. The highest BCUT2D eigenvalue weighted by Crippen LogP contribution is 2.32. The number of hydrogen-bond acceptors (Lipinski definition) is 9. The summed E-state index contributed by atoms with van der Waals surface area (Å²) in [6, 6.07) is 10.2. The Labute approximate surface area is 253 Å².